The highest BCUT2D eigenvalue weighted by molar-refractivity contribution is 5.41. The second kappa shape index (κ2) is 3.61. The van der Waals surface area contributed by atoms with Crippen molar-refractivity contribution < 1.29 is 13.2 Å². The van der Waals surface area contributed by atoms with Crippen LogP contribution in [0, 0.1) is 0 Å². The van der Waals surface area contributed by atoms with Gasteiger partial charge in [0.15, 0.2) is 5.65 Å². The smallest absolute Gasteiger partial charge is 0.276 e. The van der Waals surface area contributed by atoms with Crippen LogP contribution >= 0.6 is 0 Å². The van der Waals surface area contributed by atoms with Gasteiger partial charge in [0.25, 0.3) is 5.56 Å². The summed E-state index contributed by atoms with van der Waals surface area (Å²) in [6, 6.07) is 1.40. The standard InChI is InChI=1S/C10H10F3N3O/c1-5(2)9-14-7-3-6(10(11,12)13)4-8(17)16(7)15-9/h3-5H,1-2H3,(H,14,15). The SMILES string of the molecule is CC(C)c1nc2cc(C(F)(F)F)cc(=O)n2[nH]1. The van der Waals surface area contributed by atoms with Gasteiger partial charge in [0.2, 0.25) is 0 Å². The maximum Gasteiger partial charge on any atom is 0.416 e. The molecule has 0 saturated carbocycles. The van der Waals surface area contributed by atoms with E-state index in [-0.39, 0.29) is 11.6 Å². The molecule has 4 nitrogen and oxygen atoms in total. The van der Waals surface area contributed by atoms with Gasteiger partial charge in [-0.2, -0.15) is 13.2 Å². The van der Waals surface area contributed by atoms with E-state index >= 15 is 0 Å². The lowest BCUT2D eigenvalue weighted by Crippen LogP contribution is -2.17. The molecule has 1 N–H and O–H groups in total. The molecule has 0 bridgehead atoms. The molecule has 2 aromatic heterocycles. The Morgan fingerprint density at radius 3 is 2.53 bits per heavy atom. The topological polar surface area (TPSA) is 50.2 Å². The van der Waals surface area contributed by atoms with Gasteiger partial charge in [-0.15, -0.1) is 0 Å². The van der Waals surface area contributed by atoms with Gasteiger partial charge in [-0.05, 0) is 6.07 Å². The molecule has 17 heavy (non-hydrogen) atoms. The normalized spacial score (nSPS) is 12.6. The molecule has 0 atom stereocenters. The largest absolute Gasteiger partial charge is 0.416 e. The minimum Gasteiger partial charge on any atom is -0.276 e. The fourth-order valence-electron chi connectivity index (χ4n) is 1.44. The van der Waals surface area contributed by atoms with E-state index in [0.717, 1.165) is 10.6 Å². The summed E-state index contributed by atoms with van der Waals surface area (Å²) in [7, 11) is 0. The Hall–Kier alpha value is -1.79. The quantitative estimate of drug-likeness (QED) is 0.837. The second-order valence-electron chi connectivity index (χ2n) is 4.04. The third kappa shape index (κ3) is 2.04. The van der Waals surface area contributed by atoms with Crippen LogP contribution in [0.15, 0.2) is 16.9 Å². The van der Waals surface area contributed by atoms with Gasteiger partial charge in [0.1, 0.15) is 5.82 Å². The first-order valence-corrected chi connectivity index (χ1v) is 4.99. The van der Waals surface area contributed by atoms with Crippen LogP contribution in [0.2, 0.25) is 0 Å². The average molecular weight is 245 g/mol. The van der Waals surface area contributed by atoms with Gasteiger partial charge in [0, 0.05) is 12.0 Å². The van der Waals surface area contributed by atoms with Crippen LogP contribution < -0.4 is 5.56 Å². The van der Waals surface area contributed by atoms with Gasteiger partial charge in [-0.1, -0.05) is 13.8 Å². The molecule has 0 aliphatic heterocycles. The van der Waals surface area contributed by atoms with Crippen LogP contribution in [0.5, 0.6) is 0 Å². The third-order valence-corrected chi connectivity index (χ3v) is 2.35. The lowest BCUT2D eigenvalue weighted by atomic mass is 10.2. The number of nitrogens with one attached hydrogen (secondary N) is 1. The Morgan fingerprint density at radius 1 is 1.35 bits per heavy atom. The molecule has 92 valence electrons. The predicted molar refractivity (Wildman–Crippen MR) is 54.9 cm³/mol. The van der Waals surface area contributed by atoms with Crippen LogP contribution in [0.25, 0.3) is 5.65 Å². The molecule has 0 saturated heterocycles. The molecule has 2 rings (SSSR count). The van der Waals surface area contributed by atoms with E-state index in [9.17, 15) is 18.0 Å². The summed E-state index contributed by atoms with van der Waals surface area (Å²) >= 11 is 0. The van der Waals surface area contributed by atoms with Gasteiger partial charge in [0.05, 0.1) is 5.56 Å². The summed E-state index contributed by atoms with van der Waals surface area (Å²) in [5, 5.41) is 2.67. The Balaban J connectivity index is 2.70. The maximum absolute atomic E-state index is 12.5. The number of alkyl halides is 3. The lowest BCUT2D eigenvalue weighted by Gasteiger charge is -2.04. The molecule has 7 heteroatoms. The molecular weight excluding hydrogens is 235 g/mol. The molecule has 0 aliphatic rings. The van der Waals surface area contributed by atoms with Crippen molar-refractivity contribution in [2.75, 3.05) is 0 Å². The zero-order chi connectivity index (χ0) is 12.8. The third-order valence-electron chi connectivity index (χ3n) is 2.35. The fourth-order valence-corrected chi connectivity index (χ4v) is 1.44. The van der Waals surface area contributed by atoms with Crippen LogP contribution in [0.4, 0.5) is 13.2 Å². The van der Waals surface area contributed by atoms with Crippen molar-refractivity contribution >= 4 is 5.65 Å². The first-order valence-electron chi connectivity index (χ1n) is 4.99. The van der Waals surface area contributed by atoms with Crippen molar-refractivity contribution in [2.45, 2.75) is 25.9 Å². The van der Waals surface area contributed by atoms with E-state index in [2.05, 4.69) is 10.1 Å². The van der Waals surface area contributed by atoms with E-state index in [1.165, 1.54) is 0 Å². The second-order valence-corrected chi connectivity index (χ2v) is 4.04. The summed E-state index contributed by atoms with van der Waals surface area (Å²) in [5.41, 5.74) is -1.77. The van der Waals surface area contributed by atoms with E-state index in [4.69, 9.17) is 0 Å². The molecule has 0 spiro atoms. The number of hydrogen-bond donors (Lipinski definition) is 1. The Labute approximate surface area is 94.1 Å². The highest BCUT2D eigenvalue weighted by Gasteiger charge is 2.31. The molecule has 0 aromatic carbocycles. The number of pyridine rings is 1. The van der Waals surface area contributed by atoms with Gasteiger partial charge in [-0.25, -0.2) is 9.50 Å². The summed E-state index contributed by atoms with van der Waals surface area (Å²) in [6.45, 7) is 3.65. The number of halogens is 3. The van der Waals surface area contributed by atoms with Crippen molar-refractivity contribution in [3.8, 4) is 0 Å². The minimum absolute atomic E-state index is 0.00337. The highest BCUT2D eigenvalue weighted by atomic mass is 19.4. The molecular formula is C10H10F3N3O. The Bertz CT molecular complexity index is 609. The van der Waals surface area contributed by atoms with E-state index in [0.29, 0.717) is 11.9 Å². The van der Waals surface area contributed by atoms with Crippen molar-refractivity contribution in [3.05, 3.63) is 33.9 Å². The molecule has 0 radical (unpaired) electrons. The number of aromatic amines is 1. The first kappa shape index (κ1) is 11.7. The fraction of sp³-hybridized carbons (Fsp3) is 0.400. The zero-order valence-electron chi connectivity index (χ0n) is 9.17. The number of nitrogens with zero attached hydrogens (tertiary/aromatic N) is 2. The van der Waals surface area contributed by atoms with Gasteiger partial charge < -0.3 is 0 Å². The monoisotopic (exact) mass is 245 g/mol. The maximum atomic E-state index is 12.5. The summed E-state index contributed by atoms with van der Waals surface area (Å²) in [5.74, 6) is 0.477. The van der Waals surface area contributed by atoms with Crippen molar-refractivity contribution in [1.82, 2.24) is 14.6 Å². The predicted octanol–water partition coefficient (Wildman–Crippen LogP) is 2.16. The van der Waals surface area contributed by atoms with Crippen LogP contribution in [-0.4, -0.2) is 14.6 Å². The number of aromatic nitrogens is 3. The van der Waals surface area contributed by atoms with E-state index < -0.39 is 17.3 Å². The van der Waals surface area contributed by atoms with Crippen LogP contribution in [-0.2, 0) is 6.18 Å². The van der Waals surface area contributed by atoms with Gasteiger partial charge >= 0.3 is 6.18 Å². The Kier molecular flexibility index (Phi) is 2.48. The van der Waals surface area contributed by atoms with Crippen molar-refractivity contribution in [2.24, 2.45) is 0 Å². The molecule has 0 unspecified atom stereocenters. The minimum atomic E-state index is -4.54. The molecule has 0 amide bonds. The molecule has 0 fully saturated rings. The number of rotatable bonds is 1. The van der Waals surface area contributed by atoms with E-state index in [1.54, 1.807) is 0 Å². The van der Waals surface area contributed by atoms with Crippen LogP contribution in [0.1, 0.15) is 31.2 Å². The van der Waals surface area contributed by atoms with Gasteiger partial charge in [-0.3, -0.25) is 9.89 Å². The zero-order valence-corrected chi connectivity index (χ0v) is 9.17. The molecule has 2 heterocycles. The molecule has 2 aromatic rings. The summed E-state index contributed by atoms with van der Waals surface area (Å²) in [6.07, 6.45) is -4.54. The number of H-pyrrole nitrogens is 1. The summed E-state index contributed by atoms with van der Waals surface area (Å²) < 4.78 is 38.4. The Morgan fingerprint density at radius 2 is 2.00 bits per heavy atom. The highest BCUT2D eigenvalue weighted by Crippen LogP contribution is 2.28. The van der Waals surface area contributed by atoms with Crippen molar-refractivity contribution in [1.29, 1.82) is 0 Å². The van der Waals surface area contributed by atoms with E-state index in [1.807, 2.05) is 13.8 Å². The van der Waals surface area contributed by atoms with Crippen molar-refractivity contribution in [3.63, 3.8) is 0 Å². The number of hydrogen-bond acceptors (Lipinski definition) is 2. The van der Waals surface area contributed by atoms with Crippen LogP contribution in [0.3, 0.4) is 0 Å². The number of fused-ring (bicyclic) bond motifs is 1. The lowest BCUT2D eigenvalue weighted by molar-refractivity contribution is -0.137. The first-order chi connectivity index (χ1) is 7.79. The molecule has 0 aliphatic carbocycles. The average Bonchev–Trinajstić information content (AvgIpc) is 2.60. The summed E-state index contributed by atoms with van der Waals surface area (Å²) in [4.78, 5) is 15.4.